The number of rotatable bonds is 1. The average molecular weight is 233 g/mol. The molecule has 17 heavy (non-hydrogen) atoms. The molecule has 0 radical (unpaired) electrons. The number of nitrogens with one attached hydrogen (secondary N) is 1. The zero-order valence-electron chi connectivity index (χ0n) is 9.24. The van der Waals surface area contributed by atoms with Crippen molar-refractivity contribution in [2.45, 2.75) is 12.8 Å². The van der Waals surface area contributed by atoms with Gasteiger partial charge >= 0.3 is 0 Å². The van der Waals surface area contributed by atoms with Gasteiger partial charge in [0.15, 0.2) is 0 Å². The number of nitrogens with zero attached hydrogens (tertiary/aromatic N) is 2. The third-order valence-corrected chi connectivity index (χ3v) is 3.13. The quantitative estimate of drug-likeness (QED) is 0.762. The molecule has 88 valence electrons. The summed E-state index contributed by atoms with van der Waals surface area (Å²) >= 11 is 0. The maximum absolute atomic E-state index is 13.0. The van der Waals surface area contributed by atoms with Crippen LogP contribution >= 0.6 is 0 Å². The predicted octanol–water partition coefficient (Wildman–Crippen LogP) is 1.66. The molecule has 0 spiro atoms. The Kier molecular flexibility index (Phi) is 2.31. The molecule has 0 bridgehead atoms. The topological polar surface area (TPSA) is 49.0 Å². The maximum atomic E-state index is 13.0. The number of halogens is 1. The second kappa shape index (κ2) is 3.84. The highest BCUT2D eigenvalue weighted by atomic mass is 19.1. The second-order valence-electron chi connectivity index (χ2n) is 4.22. The molecule has 0 saturated carbocycles. The van der Waals surface area contributed by atoms with Crippen molar-refractivity contribution >= 4 is 16.6 Å². The van der Waals surface area contributed by atoms with E-state index >= 15 is 0 Å². The smallest absolute Gasteiger partial charge is 0.289 e. The molecule has 0 aliphatic carbocycles. The molecule has 5 heteroatoms. The Morgan fingerprint density at radius 1 is 1.29 bits per heavy atom. The van der Waals surface area contributed by atoms with Gasteiger partial charge in [-0.05, 0) is 25.0 Å². The van der Waals surface area contributed by atoms with E-state index in [0.29, 0.717) is 10.9 Å². The highest BCUT2D eigenvalue weighted by Crippen LogP contribution is 2.25. The van der Waals surface area contributed by atoms with Crippen LogP contribution < -0.4 is 10.5 Å². The van der Waals surface area contributed by atoms with Crippen molar-refractivity contribution in [3.63, 3.8) is 0 Å². The average Bonchev–Trinajstić information content (AvgIpc) is 2.80. The zero-order valence-corrected chi connectivity index (χ0v) is 9.24. The predicted molar refractivity (Wildman–Crippen MR) is 63.8 cm³/mol. The summed E-state index contributed by atoms with van der Waals surface area (Å²) < 4.78 is 13.0. The SMILES string of the molecule is O=c1[nH]c(F)nc2cccc(N3CCCC3)c12. The Labute approximate surface area is 97.1 Å². The van der Waals surface area contributed by atoms with E-state index in [4.69, 9.17) is 0 Å². The number of H-pyrrole nitrogens is 1. The van der Waals surface area contributed by atoms with E-state index < -0.39 is 11.6 Å². The number of benzene rings is 1. The molecule has 1 aromatic carbocycles. The van der Waals surface area contributed by atoms with Crippen LogP contribution in [0.4, 0.5) is 10.1 Å². The third-order valence-electron chi connectivity index (χ3n) is 3.13. The van der Waals surface area contributed by atoms with Gasteiger partial charge in [-0.25, -0.2) is 4.98 Å². The number of aromatic amines is 1. The van der Waals surface area contributed by atoms with E-state index in [9.17, 15) is 9.18 Å². The molecule has 0 unspecified atom stereocenters. The summed E-state index contributed by atoms with van der Waals surface area (Å²) in [4.78, 5) is 19.8. The minimum absolute atomic E-state index is 0.407. The number of hydrogen-bond acceptors (Lipinski definition) is 3. The number of hydrogen-bond donors (Lipinski definition) is 1. The summed E-state index contributed by atoms with van der Waals surface area (Å²) in [5, 5.41) is 0.482. The van der Waals surface area contributed by atoms with Gasteiger partial charge in [-0.2, -0.15) is 4.39 Å². The molecule has 1 N–H and O–H groups in total. The van der Waals surface area contributed by atoms with Crippen molar-refractivity contribution in [1.29, 1.82) is 0 Å². The molecule has 1 aliphatic heterocycles. The number of fused-ring (bicyclic) bond motifs is 1. The van der Waals surface area contributed by atoms with Crippen molar-refractivity contribution in [2.24, 2.45) is 0 Å². The molecule has 1 fully saturated rings. The number of anilines is 1. The third kappa shape index (κ3) is 1.67. The fourth-order valence-electron chi connectivity index (χ4n) is 2.37. The lowest BCUT2D eigenvalue weighted by Crippen LogP contribution is -2.21. The van der Waals surface area contributed by atoms with E-state index in [1.165, 1.54) is 0 Å². The summed E-state index contributed by atoms with van der Waals surface area (Å²) in [6.07, 6.45) is 1.42. The zero-order chi connectivity index (χ0) is 11.8. The molecular weight excluding hydrogens is 221 g/mol. The van der Waals surface area contributed by atoms with Gasteiger partial charge in [-0.15, -0.1) is 0 Å². The van der Waals surface area contributed by atoms with Gasteiger partial charge in [0, 0.05) is 13.1 Å². The lowest BCUT2D eigenvalue weighted by Gasteiger charge is -2.18. The Balaban J connectivity index is 2.28. The maximum Gasteiger partial charge on any atom is 0.289 e. The Bertz CT molecular complexity index is 617. The summed E-state index contributed by atoms with van der Waals surface area (Å²) in [7, 11) is 0. The van der Waals surface area contributed by atoms with Crippen LogP contribution in [0.15, 0.2) is 23.0 Å². The summed E-state index contributed by atoms with van der Waals surface area (Å²) in [5.41, 5.74) is 0.861. The fraction of sp³-hybridized carbons (Fsp3) is 0.333. The van der Waals surface area contributed by atoms with Crippen LogP contribution in [0.1, 0.15) is 12.8 Å². The van der Waals surface area contributed by atoms with E-state index in [-0.39, 0.29) is 0 Å². The molecule has 1 aromatic heterocycles. The molecule has 0 atom stereocenters. The molecule has 1 aliphatic rings. The standard InChI is InChI=1S/C12H12FN3O/c13-12-14-8-4-3-5-9(10(8)11(17)15-12)16-6-1-2-7-16/h3-5H,1-2,6-7H2,(H,14,15,17). The van der Waals surface area contributed by atoms with Crippen molar-refractivity contribution in [3.8, 4) is 0 Å². The normalized spacial score (nSPS) is 15.7. The highest BCUT2D eigenvalue weighted by molar-refractivity contribution is 5.91. The lowest BCUT2D eigenvalue weighted by atomic mass is 10.2. The Morgan fingerprint density at radius 2 is 2.06 bits per heavy atom. The van der Waals surface area contributed by atoms with E-state index in [0.717, 1.165) is 31.6 Å². The van der Waals surface area contributed by atoms with Crippen LogP contribution in [0.2, 0.25) is 0 Å². The van der Waals surface area contributed by atoms with Crippen LogP contribution in [0.25, 0.3) is 10.9 Å². The lowest BCUT2D eigenvalue weighted by molar-refractivity contribution is 0.541. The van der Waals surface area contributed by atoms with Gasteiger partial charge < -0.3 is 4.90 Å². The second-order valence-corrected chi connectivity index (χ2v) is 4.22. The van der Waals surface area contributed by atoms with E-state index in [1.807, 2.05) is 12.1 Å². The van der Waals surface area contributed by atoms with Gasteiger partial charge in [0.2, 0.25) is 0 Å². The van der Waals surface area contributed by atoms with E-state index in [1.54, 1.807) is 6.07 Å². The van der Waals surface area contributed by atoms with Gasteiger partial charge in [0.25, 0.3) is 11.6 Å². The number of aromatic nitrogens is 2. The summed E-state index contributed by atoms with van der Waals surface area (Å²) in [6.45, 7) is 1.88. The first-order valence-electron chi connectivity index (χ1n) is 5.69. The Hall–Kier alpha value is -1.91. The molecule has 2 aromatic rings. The minimum atomic E-state index is -0.832. The van der Waals surface area contributed by atoms with Crippen molar-refractivity contribution in [2.75, 3.05) is 18.0 Å². The van der Waals surface area contributed by atoms with Crippen LogP contribution in [0.5, 0.6) is 0 Å². The molecular formula is C12H12FN3O. The van der Waals surface area contributed by atoms with Crippen molar-refractivity contribution in [3.05, 3.63) is 34.6 Å². The molecule has 1 saturated heterocycles. The van der Waals surface area contributed by atoms with Crippen LogP contribution in [-0.2, 0) is 0 Å². The van der Waals surface area contributed by atoms with Gasteiger partial charge in [-0.1, -0.05) is 6.07 Å². The first kappa shape index (κ1) is 10.3. The minimum Gasteiger partial charge on any atom is -0.371 e. The van der Waals surface area contributed by atoms with Crippen LogP contribution in [0.3, 0.4) is 0 Å². The summed E-state index contributed by atoms with van der Waals surface area (Å²) in [5.74, 6) is 0. The first-order chi connectivity index (χ1) is 8.25. The van der Waals surface area contributed by atoms with Crippen LogP contribution in [0, 0.1) is 6.08 Å². The van der Waals surface area contributed by atoms with Crippen molar-refractivity contribution in [1.82, 2.24) is 9.97 Å². The molecule has 3 rings (SSSR count). The highest BCUT2D eigenvalue weighted by Gasteiger charge is 2.17. The van der Waals surface area contributed by atoms with Crippen LogP contribution in [-0.4, -0.2) is 23.1 Å². The van der Waals surface area contributed by atoms with Gasteiger partial charge in [0.1, 0.15) is 0 Å². The molecule has 4 nitrogen and oxygen atoms in total. The Morgan fingerprint density at radius 3 is 2.82 bits per heavy atom. The fourth-order valence-corrected chi connectivity index (χ4v) is 2.37. The molecule has 2 heterocycles. The molecule has 0 amide bonds. The first-order valence-corrected chi connectivity index (χ1v) is 5.69. The van der Waals surface area contributed by atoms with Gasteiger partial charge in [0.05, 0.1) is 16.6 Å². The summed E-state index contributed by atoms with van der Waals surface area (Å²) in [6, 6.07) is 5.36. The van der Waals surface area contributed by atoms with Gasteiger partial charge in [-0.3, -0.25) is 9.78 Å². The van der Waals surface area contributed by atoms with E-state index in [2.05, 4.69) is 14.9 Å². The monoisotopic (exact) mass is 233 g/mol. The van der Waals surface area contributed by atoms with Crippen molar-refractivity contribution < 1.29 is 4.39 Å². The largest absolute Gasteiger partial charge is 0.371 e.